The summed E-state index contributed by atoms with van der Waals surface area (Å²) in [7, 11) is 0. The SMILES string of the molecule is Nc1c(C(=O)O)ccnc1N1CCn2ccnc2C1. The molecule has 0 radical (unpaired) electrons. The minimum Gasteiger partial charge on any atom is -0.478 e. The first kappa shape index (κ1) is 11.5. The van der Waals surface area contributed by atoms with E-state index in [1.807, 2.05) is 11.1 Å². The van der Waals surface area contributed by atoms with E-state index in [4.69, 9.17) is 10.8 Å². The highest BCUT2D eigenvalue weighted by Crippen LogP contribution is 2.26. The summed E-state index contributed by atoms with van der Waals surface area (Å²) in [5.41, 5.74) is 6.18. The van der Waals surface area contributed by atoms with Crippen LogP contribution < -0.4 is 10.6 Å². The summed E-state index contributed by atoms with van der Waals surface area (Å²) in [4.78, 5) is 21.5. The van der Waals surface area contributed by atoms with Crippen molar-refractivity contribution >= 4 is 17.5 Å². The number of anilines is 2. The fourth-order valence-corrected chi connectivity index (χ4v) is 2.25. The number of aromatic carboxylic acids is 1. The highest BCUT2D eigenvalue weighted by atomic mass is 16.4. The number of carboxylic acid groups (broad SMARTS) is 1. The van der Waals surface area contributed by atoms with E-state index in [9.17, 15) is 4.79 Å². The monoisotopic (exact) mass is 259 g/mol. The average Bonchev–Trinajstić information content (AvgIpc) is 2.85. The van der Waals surface area contributed by atoms with E-state index >= 15 is 0 Å². The van der Waals surface area contributed by atoms with Crippen LogP contribution in [-0.4, -0.2) is 32.2 Å². The molecule has 3 rings (SSSR count). The molecule has 0 unspecified atom stereocenters. The Kier molecular flexibility index (Phi) is 2.59. The fourth-order valence-electron chi connectivity index (χ4n) is 2.25. The summed E-state index contributed by atoms with van der Waals surface area (Å²) in [5, 5.41) is 9.07. The van der Waals surface area contributed by atoms with Crippen LogP contribution in [0.3, 0.4) is 0 Å². The van der Waals surface area contributed by atoms with Gasteiger partial charge in [0.25, 0.3) is 0 Å². The molecule has 19 heavy (non-hydrogen) atoms. The van der Waals surface area contributed by atoms with E-state index in [-0.39, 0.29) is 11.3 Å². The lowest BCUT2D eigenvalue weighted by atomic mass is 10.2. The Balaban J connectivity index is 1.96. The third-order valence-corrected chi connectivity index (χ3v) is 3.24. The zero-order valence-electron chi connectivity index (χ0n) is 10.2. The lowest BCUT2D eigenvalue weighted by Gasteiger charge is -2.29. The predicted octanol–water partition coefficient (Wildman–Crippen LogP) is 0.579. The molecule has 0 aromatic carbocycles. The minimum atomic E-state index is -1.04. The van der Waals surface area contributed by atoms with Gasteiger partial charge in [-0.1, -0.05) is 0 Å². The van der Waals surface area contributed by atoms with Crippen LogP contribution in [-0.2, 0) is 13.1 Å². The molecule has 1 aliphatic heterocycles. The second-order valence-corrected chi connectivity index (χ2v) is 4.36. The first-order valence-electron chi connectivity index (χ1n) is 5.89. The van der Waals surface area contributed by atoms with E-state index in [2.05, 4.69) is 14.5 Å². The van der Waals surface area contributed by atoms with E-state index < -0.39 is 5.97 Å². The molecule has 7 heteroatoms. The molecule has 0 saturated heterocycles. The van der Waals surface area contributed by atoms with Gasteiger partial charge in [-0.2, -0.15) is 0 Å². The first-order valence-corrected chi connectivity index (χ1v) is 5.89. The third-order valence-electron chi connectivity index (χ3n) is 3.24. The van der Waals surface area contributed by atoms with Gasteiger partial charge in [-0.05, 0) is 6.07 Å². The quantitative estimate of drug-likeness (QED) is 0.818. The summed E-state index contributed by atoms with van der Waals surface area (Å²) >= 11 is 0. The minimum absolute atomic E-state index is 0.0823. The number of carbonyl (C=O) groups is 1. The highest BCUT2D eigenvalue weighted by molar-refractivity contribution is 5.96. The van der Waals surface area contributed by atoms with Crippen molar-refractivity contribution in [2.45, 2.75) is 13.1 Å². The maximum Gasteiger partial charge on any atom is 0.337 e. The molecule has 0 saturated carbocycles. The Morgan fingerprint density at radius 3 is 2.95 bits per heavy atom. The van der Waals surface area contributed by atoms with Crippen molar-refractivity contribution in [3.63, 3.8) is 0 Å². The number of carboxylic acids is 1. The molecular weight excluding hydrogens is 246 g/mol. The highest BCUT2D eigenvalue weighted by Gasteiger charge is 2.22. The van der Waals surface area contributed by atoms with Gasteiger partial charge in [-0.25, -0.2) is 14.8 Å². The Morgan fingerprint density at radius 2 is 2.16 bits per heavy atom. The van der Waals surface area contributed by atoms with E-state index in [0.29, 0.717) is 12.4 Å². The van der Waals surface area contributed by atoms with Crippen LogP contribution in [0, 0.1) is 0 Å². The van der Waals surface area contributed by atoms with Crippen LogP contribution in [0.2, 0.25) is 0 Å². The molecule has 3 N–H and O–H groups in total. The predicted molar refractivity (Wildman–Crippen MR) is 68.9 cm³/mol. The molecule has 0 aliphatic carbocycles. The first-order chi connectivity index (χ1) is 9.16. The lowest BCUT2D eigenvalue weighted by Crippen LogP contribution is -2.34. The summed E-state index contributed by atoms with van der Waals surface area (Å²) in [6.07, 6.45) is 5.15. The summed E-state index contributed by atoms with van der Waals surface area (Å²) < 4.78 is 2.06. The van der Waals surface area contributed by atoms with Crippen molar-refractivity contribution in [1.29, 1.82) is 0 Å². The fraction of sp³-hybridized carbons (Fsp3) is 0.250. The maximum absolute atomic E-state index is 11.1. The topological polar surface area (TPSA) is 97.3 Å². The third kappa shape index (κ3) is 1.88. The van der Waals surface area contributed by atoms with Crippen molar-refractivity contribution < 1.29 is 9.90 Å². The smallest absolute Gasteiger partial charge is 0.337 e. The van der Waals surface area contributed by atoms with Crippen molar-refractivity contribution in [2.75, 3.05) is 17.2 Å². The molecular formula is C12H13N5O2. The molecule has 0 amide bonds. The van der Waals surface area contributed by atoms with Crippen molar-refractivity contribution in [2.24, 2.45) is 0 Å². The van der Waals surface area contributed by atoms with Gasteiger partial charge in [0, 0.05) is 31.7 Å². The Morgan fingerprint density at radius 1 is 1.32 bits per heavy atom. The number of imidazole rings is 1. The molecule has 0 fully saturated rings. The zero-order valence-corrected chi connectivity index (χ0v) is 10.2. The van der Waals surface area contributed by atoms with E-state index in [1.165, 1.54) is 12.3 Å². The summed E-state index contributed by atoms with van der Waals surface area (Å²) in [6.45, 7) is 2.09. The van der Waals surface area contributed by atoms with Gasteiger partial charge in [-0.15, -0.1) is 0 Å². The van der Waals surface area contributed by atoms with Crippen LogP contribution in [0.5, 0.6) is 0 Å². The van der Waals surface area contributed by atoms with Crippen molar-refractivity contribution in [1.82, 2.24) is 14.5 Å². The van der Waals surface area contributed by atoms with Crippen LogP contribution in [0.15, 0.2) is 24.7 Å². The molecule has 0 spiro atoms. The number of nitrogen functional groups attached to an aromatic ring is 1. The molecule has 98 valence electrons. The van der Waals surface area contributed by atoms with Gasteiger partial charge in [0.2, 0.25) is 0 Å². The second-order valence-electron chi connectivity index (χ2n) is 4.36. The molecule has 1 aliphatic rings. The average molecular weight is 259 g/mol. The largest absolute Gasteiger partial charge is 0.478 e. The molecule has 7 nitrogen and oxygen atoms in total. The van der Waals surface area contributed by atoms with E-state index in [0.717, 1.165) is 18.9 Å². The van der Waals surface area contributed by atoms with Gasteiger partial charge in [0.05, 0.1) is 17.8 Å². The Labute approximate surface area is 109 Å². The number of nitrogens with zero attached hydrogens (tertiary/aromatic N) is 4. The van der Waals surface area contributed by atoms with Gasteiger partial charge in [0.15, 0.2) is 5.82 Å². The van der Waals surface area contributed by atoms with Crippen LogP contribution in [0.25, 0.3) is 0 Å². The zero-order chi connectivity index (χ0) is 13.4. The van der Waals surface area contributed by atoms with Gasteiger partial charge in [0.1, 0.15) is 5.82 Å². The molecule has 0 bridgehead atoms. The van der Waals surface area contributed by atoms with Gasteiger partial charge < -0.3 is 20.3 Å². The maximum atomic E-state index is 11.1. The molecule has 2 aromatic heterocycles. The number of rotatable bonds is 2. The number of aromatic nitrogens is 3. The standard InChI is InChI=1S/C12H13N5O2/c13-10-8(12(18)19)1-2-15-11(10)17-6-5-16-4-3-14-9(16)7-17/h1-4H,5-7,13H2,(H,18,19). The van der Waals surface area contributed by atoms with Crippen molar-refractivity contribution in [3.8, 4) is 0 Å². The van der Waals surface area contributed by atoms with Gasteiger partial charge in [-0.3, -0.25) is 0 Å². The number of pyridine rings is 1. The molecule has 0 atom stereocenters. The number of hydrogen-bond acceptors (Lipinski definition) is 5. The van der Waals surface area contributed by atoms with Crippen molar-refractivity contribution in [3.05, 3.63) is 36.0 Å². The molecule has 2 aromatic rings. The van der Waals surface area contributed by atoms with Crippen LogP contribution >= 0.6 is 0 Å². The van der Waals surface area contributed by atoms with Crippen LogP contribution in [0.1, 0.15) is 16.2 Å². The molecule has 3 heterocycles. The van der Waals surface area contributed by atoms with Gasteiger partial charge >= 0.3 is 5.97 Å². The second kappa shape index (κ2) is 4.27. The Hall–Kier alpha value is -2.57. The lowest BCUT2D eigenvalue weighted by molar-refractivity contribution is 0.0698. The van der Waals surface area contributed by atoms with Crippen LogP contribution in [0.4, 0.5) is 11.5 Å². The Bertz CT molecular complexity index is 637. The summed E-state index contributed by atoms with van der Waals surface area (Å²) in [6, 6.07) is 1.41. The normalized spacial score (nSPS) is 14.2. The summed E-state index contributed by atoms with van der Waals surface area (Å²) in [5.74, 6) is 0.391. The number of hydrogen-bond donors (Lipinski definition) is 2. The number of nitrogens with two attached hydrogens (primary N) is 1. The number of fused-ring (bicyclic) bond motifs is 1. The van der Waals surface area contributed by atoms with E-state index in [1.54, 1.807) is 6.20 Å².